The van der Waals surface area contributed by atoms with E-state index in [1.807, 2.05) is 0 Å². The van der Waals surface area contributed by atoms with Crippen LogP contribution >= 0.6 is 15.9 Å². The molecule has 1 fully saturated rings. The molecule has 1 heterocycles. The number of rotatable bonds is 6. The van der Waals surface area contributed by atoms with Gasteiger partial charge in [0, 0.05) is 34.9 Å². The smallest absolute Gasteiger partial charge is 0.257 e. The van der Waals surface area contributed by atoms with Crippen LogP contribution in [0.4, 0.5) is 17.2 Å². The summed E-state index contributed by atoms with van der Waals surface area (Å²) in [7, 11) is 1.69. The quantitative estimate of drug-likeness (QED) is 0.520. The standard InChI is InChI=1S/C24H21BrN4O3/c1-29(24(32)15-9-10-15)20-8-3-2-7-19(20)23(31)27-18-6-4-5-16(13-18)22(30)28-21-12-11-17(25)14-26-21/h2-8,11-15H,9-10H2,1H3,(H,27,31)(H,26,28,30). The third-order valence-electron chi connectivity index (χ3n) is 5.12. The minimum atomic E-state index is -0.358. The summed E-state index contributed by atoms with van der Waals surface area (Å²) in [4.78, 5) is 43.7. The number of anilines is 3. The fourth-order valence-corrected chi connectivity index (χ4v) is 3.49. The highest BCUT2D eigenvalue weighted by Gasteiger charge is 2.33. The van der Waals surface area contributed by atoms with Crippen molar-refractivity contribution >= 4 is 50.8 Å². The van der Waals surface area contributed by atoms with Gasteiger partial charge in [-0.2, -0.15) is 0 Å². The molecule has 1 aromatic heterocycles. The van der Waals surface area contributed by atoms with Gasteiger partial charge in [-0.05, 0) is 71.2 Å². The van der Waals surface area contributed by atoms with Crippen LogP contribution in [0.15, 0.2) is 71.3 Å². The molecule has 3 amide bonds. The second kappa shape index (κ2) is 9.32. The monoisotopic (exact) mass is 492 g/mol. The van der Waals surface area contributed by atoms with Crippen molar-refractivity contribution in [3.8, 4) is 0 Å². The molecule has 0 spiro atoms. The van der Waals surface area contributed by atoms with Crippen LogP contribution in [0.5, 0.6) is 0 Å². The number of pyridine rings is 1. The van der Waals surface area contributed by atoms with E-state index in [4.69, 9.17) is 0 Å². The van der Waals surface area contributed by atoms with Gasteiger partial charge < -0.3 is 15.5 Å². The summed E-state index contributed by atoms with van der Waals surface area (Å²) in [6.45, 7) is 0. The van der Waals surface area contributed by atoms with E-state index >= 15 is 0 Å². The predicted molar refractivity (Wildman–Crippen MR) is 127 cm³/mol. The van der Waals surface area contributed by atoms with E-state index in [9.17, 15) is 14.4 Å². The zero-order chi connectivity index (χ0) is 22.7. The lowest BCUT2D eigenvalue weighted by Gasteiger charge is -2.20. The van der Waals surface area contributed by atoms with Gasteiger partial charge in [0.1, 0.15) is 5.82 Å². The molecule has 2 aromatic carbocycles. The molecule has 0 atom stereocenters. The van der Waals surface area contributed by atoms with Crippen LogP contribution in [-0.4, -0.2) is 29.8 Å². The van der Waals surface area contributed by atoms with Gasteiger partial charge >= 0.3 is 0 Å². The van der Waals surface area contributed by atoms with Crippen LogP contribution in [0.25, 0.3) is 0 Å². The number of nitrogens with one attached hydrogen (secondary N) is 2. The molecule has 0 aliphatic heterocycles. The lowest BCUT2D eigenvalue weighted by molar-refractivity contribution is -0.119. The van der Waals surface area contributed by atoms with Gasteiger partial charge in [-0.3, -0.25) is 14.4 Å². The average molecular weight is 493 g/mol. The molecule has 1 saturated carbocycles. The first-order valence-electron chi connectivity index (χ1n) is 10.1. The number of benzene rings is 2. The fourth-order valence-electron chi connectivity index (χ4n) is 3.26. The van der Waals surface area contributed by atoms with Gasteiger partial charge in [0.25, 0.3) is 11.8 Å². The Hall–Kier alpha value is -3.52. The van der Waals surface area contributed by atoms with E-state index in [2.05, 4.69) is 31.5 Å². The van der Waals surface area contributed by atoms with Gasteiger partial charge in [0.15, 0.2) is 0 Å². The van der Waals surface area contributed by atoms with E-state index in [0.717, 1.165) is 17.3 Å². The van der Waals surface area contributed by atoms with Gasteiger partial charge in [0.2, 0.25) is 5.91 Å². The molecule has 162 valence electrons. The number of hydrogen-bond acceptors (Lipinski definition) is 4. The third-order valence-corrected chi connectivity index (χ3v) is 5.59. The van der Waals surface area contributed by atoms with Crippen molar-refractivity contribution in [2.75, 3.05) is 22.6 Å². The lowest BCUT2D eigenvalue weighted by atomic mass is 10.1. The highest BCUT2D eigenvalue weighted by atomic mass is 79.9. The number of hydrogen-bond donors (Lipinski definition) is 2. The minimum absolute atomic E-state index is 0.0190. The van der Waals surface area contributed by atoms with Crippen LogP contribution in [0.3, 0.4) is 0 Å². The number of halogens is 1. The SMILES string of the molecule is CN(C(=O)C1CC1)c1ccccc1C(=O)Nc1cccc(C(=O)Nc2ccc(Br)cn2)c1. The van der Waals surface area contributed by atoms with Crippen molar-refractivity contribution in [1.29, 1.82) is 0 Å². The van der Waals surface area contributed by atoms with Gasteiger partial charge in [0.05, 0.1) is 11.3 Å². The van der Waals surface area contributed by atoms with Crippen molar-refractivity contribution in [3.63, 3.8) is 0 Å². The summed E-state index contributed by atoms with van der Waals surface area (Å²) in [6.07, 6.45) is 3.37. The number of carbonyl (C=O) groups excluding carboxylic acids is 3. The molecule has 8 heteroatoms. The summed E-state index contributed by atoms with van der Waals surface area (Å²) in [5.74, 6) is -0.212. The van der Waals surface area contributed by atoms with Crippen molar-refractivity contribution in [2.24, 2.45) is 5.92 Å². The Labute approximate surface area is 194 Å². The topological polar surface area (TPSA) is 91.4 Å². The molecule has 4 rings (SSSR count). The van der Waals surface area contributed by atoms with Crippen molar-refractivity contribution in [3.05, 3.63) is 82.5 Å². The number of amides is 3. The molecule has 0 unspecified atom stereocenters. The molecule has 0 saturated heterocycles. The Morgan fingerprint density at radius 1 is 0.969 bits per heavy atom. The highest BCUT2D eigenvalue weighted by molar-refractivity contribution is 9.10. The van der Waals surface area contributed by atoms with Crippen molar-refractivity contribution < 1.29 is 14.4 Å². The van der Waals surface area contributed by atoms with E-state index in [-0.39, 0.29) is 23.6 Å². The normalized spacial score (nSPS) is 12.7. The lowest BCUT2D eigenvalue weighted by Crippen LogP contribution is -2.30. The van der Waals surface area contributed by atoms with Crippen LogP contribution in [-0.2, 0) is 4.79 Å². The average Bonchev–Trinajstić information content (AvgIpc) is 3.65. The maximum Gasteiger partial charge on any atom is 0.257 e. The first-order valence-corrected chi connectivity index (χ1v) is 10.9. The first-order chi connectivity index (χ1) is 15.4. The summed E-state index contributed by atoms with van der Waals surface area (Å²) >= 11 is 3.30. The van der Waals surface area contributed by atoms with Crippen LogP contribution in [0.2, 0.25) is 0 Å². The van der Waals surface area contributed by atoms with Crippen molar-refractivity contribution in [2.45, 2.75) is 12.8 Å². The molecule has 0 bridgehead atoms. The number of carbonyl (C=O) groups is 3. The Kier molecular flexibility index (Phi) is 6.32. The Morgan fingerprint density at radius 3 is 2.47 bits per heavy atom. The minimum Gasteiger partial charge on any atom is -0.322 e. The summed E-state index contributed by atoms with van der Waals surface area (Å²) in [6, 6.07) is 17.1. The van der Waals surface area contributed by atoms with Gasteiger partial charge in [-0.1, -0.05) is 18.2 Å². The number of aromatic nitrogens is 1. The summed E-state index contributed by atoms with van der Waals surface area (Å²) in [5, 5.41) is 5.55. The maximum atomic E-state index is 13.0. The zero-order valence-corrected chi connectivity index (χ0v) is 18.9. The van der Waals surface area contributed by atoms with Crippen LogP contribution in [0, 0.1) is 5.92 Å². The molecule has 32 heavy (non-hydrogen) atoms. The second-order valence-corrected chi connectivity index (χ2v) is 8.46. The predicted octanol–water partition coefficient (Wildman–Crippen LogP) is 4.72. The largest absolute Gasteiger partial charge is 0.322 e. The summed E-state index contributed by atoms with van der Waals surface area (Å²) in [5.41, 5.74) is 1.79. The van der Waals surface area contributed by atoms with E-state index in [1.54, 1.807) is 78.8 Å². The number of nitrogens with zero attached hydrogens (tertiary/aromatic N) is 2. The number of para-hydroxylation sites is 1. The van der Waals surface area contributed by atoms with Crippen LogP contribution < -0.4 is 15.5 Å². The van der Waals surface area contributed by atoms with Gasteiger partial charge in [-0.25, -0.2) is 4.98 Å². The molecular formula is C24H21BrN4O3. The Morgan fingerprint density at radius 2 is 1.75 bits per heavy atom. The molecular weight excluding hydrogens is 472 g/mol. The highest BCUT2D eigenvalue weighted by Crippen LogP contribution is 2.33. The maximum absolute atomic E-state index is 13.0. The molecule has 1 aliphatic rings. The first kappa shape index (κ1) is 21.7. The molecule has 0 radical (unpaired) electrons. The Bertz CT molecular complexity index is 1180. The van der Waals surface area contributed by atoms with Crippen LogP contribution in [0.1, 0.15) is 33.6 Å². The Balaban J connectivity index is 1.49. The van der Waals surface area contributed by atoms with Crippen molar-refractivity contribution in [1.82, 2.24) is 4.98 Å². The summed E-state index contributed by atoms with van der Waals surface area (Å²) < 4.78 is 0.810. The molecule has 7 nitrogen and oxygen atoms in total. The second-order valence-electron chi connectivity index (χ2n) is 7.54. The zero-order valence-electron chi connectivity index (χ0n) is 17.3. The van der Waals surface area contributed by atoms with E-state index in [1.165, 1.54) is 0 Å². The molecule has 1 aliphatic carbocycles. The molecule has 2 N–H and O–H groups in total. The third kappa shape index (κ3) is 5.03. The fraction of sp³-hybridized carbons (Fsp3) is 0.167. The van der Waals surface area contributed by atoms with Gasteiger partial charge in [-0.15, -0.1) is 0 Å². The van der Waals surface area contributed by atoms with E-state index < -0.39 is 0 Å². The van der Waals surface area contributed by atoms with E-state index in [0.29, 0.717) is 28.3 Å². The molecule has 3 aromatic rings.